The Balaban J connectivity index is 2.45. The Morgan fingerprint density at radius 1 is 0.576 bits per heavy atom. The van der Waals surface area contributed by atoms with E-state index in [4.69, 9.17) is 18.9 Å². The van der Waals surface area contributed by atoms with Crippen molar-refractivity contribution in [1.29, 1.82) is 0 Å². The van der Waals surface area contributed by atoms with Crippen molar-refractivity contribution in [2.75, 3.05) is 19.0 Å². The smallest absolute Gasteiger partial charge is 0.306 e. The fraction of sp³-hybridized carbons (Fsp3) is 0.783. The van der Waals surface area contributed by atoms with Gasteiger partial charge in [0.2, 0.25) is 0 Å². The second-order valence-electron chi connectivity index (χ2n) is 15.7. The third-order valence-electron chi connectivity index (χ3n) is 10.2. The van der Waals surface area contributed by atoms with Crippen LogP contribution in [0.1, 0.15) is 174 Å². The molecule has 1 aliphatic heterocycles. The Bertz CT molecular complexity index is 1280. The lowest BCUT2D eigenvalue weighted by molar-refractivity contribution is -0.297. The highest BCUT2D eigenvalue weighted by Crippen LogP contribution is 2.24. The first-order valence-corrected chi connectivity index (χ1v) is 24.3. The SMILES string of the molecule is CCCCCCCCC/C=C/C/C=C/C/C=C/C/C=C/CCCC(=O)OC[C@H](CO[C@H]1O[C@H](CS(=O)(=O)O)[C@@H](O)C(O)C1O)OC(=O)CCCCCCCCCCCC. The molecule has 0 aromatic carbocycles. The van der Waals surface area contributed by atoms with E-state index < -0.39 is 71.2 Å². The minimum Gasteiger partial charge on any atom is -0.462 e. The zero-order valence-corrected chi connectivity index (χ0v) is 37.2. The molecule has 0 amide bonds. The second kappa shape index (κ2) is 36.3. The average molecular weight is 857 g/mol. The summed E-state index contributed by atoms with van der Waals surface area (Å²) in [5.41, 5.74) is 0. The van der Waals surface area contributed by atoms with Gasteiger partial charge in [-0.3, -0.25) is 14.1 Å². The largest absolute Gasteiger partial charge is 0.462 e. The van der Waals surface area contributed by atoms with Crippen LogP contribution >= 0.6 is 0 Å². The minimum absolute atomic E-state index is 0.143. The molecule has 1 fully saturated rings. The summed E-state index contributed by atoms with van der Waals surface area (Å²) < 4.78 is 53.9. The summed E-state index contributed by atoms with van der Waals surface area (Å²) in [7, 11) is -4.61. The highest BCUT2D eigenvalue weighted by atomic mass is 32.2. The molecule has 1 rings (SSSR count). The normalized spacial score (nSPS) is 20.7. The lowest BCUT2D eigenvalue weighted by Crippen LogP contribution is -2.60. The van der Waals surface area contributed by atoms with Gasteiger partial charge in [-0.05, 0) is 51.4 Å². The van der Waals surface area contributed by atoms with Crippen molar-refractivity contribution in [1.82, 2.24) is 0 Å². The van der Waals surface area contributed by atoms with Crippen LogP contribution in [0, 0.1) is 0 Å². The molecule has 12 nitrogen and oxygen atoms in total. The second-order valence-corrected chi connectivity index (χ2v) is 17.2. The molecule has 6 atom stereocenters. The molecule has 4 N–H and O–H groups in total. The topological polar surface area (TPSA) is 186 Å². The van der Waals surface area contributed by atoms with Crippen LogP contribution in [0.25, 0.3) is 0 Å². The summed E-state index contributed by atoms with van der Waals surface area (Å²) in [6.07, 6.45) is 33.2. The van der Waals surface area contributed by atoms with Gasteiger partial charge in [0.1, 0.15) is 36.8 Å². The number of hydrogen-bond acceptors (Lipinski definition) is 11. The fourth-order valence-electron chi connectivity index (χ4n) is 6.61. The van der Waals surface area contributed by atoms with Crippen molar-refractivity contribution in [2.45, 2.75) is 211 Å². The molecule has 1 saturated heterocycles. The maximum absolute atomic E-state index is 12.7. The number of aliphatic hydroxyl groups is 3. The quantitative estimate of drug-likeness (QED) is 0.0201. The summed E-state index contributed by atoms with van der Waals surface area (Å²) in [6.45, 7) is 3.68. The van der Waals surface area contributed by atoms with Gasteiger partial charge in [0, 0.05) is 12.8 Å². The van der Waals surface area contributed by atoms with Gasteiger partial charge in [0.15, 0.2) is 12.4 Å². The maximum atomic E-state index is 12.7. The molecule has 0 radical (unpaired) electrons. The Morgan fingerprint density at radius 3 is 1.56 bits per heavy atom. The monoisotopic (exact) mass is 857 g/mol. The minimum atomic E-state index is -4.61. The number of ether oxygens (including phenoxy) is 4. The van der Waals surface area contributed by atoms with Gasteiger partial charge in [-0.15, -0.1) is 0 Å². The molecule has 0 saturated carbocycles. The summed E-state index contributed by atoms with van der Waals surface area (Å²) >= 11 is 0. The van der Waals surface area contributed by atoms with Crippen molar-refractivity contribution in [3.05, 3.63) is 48.6 Å². The number of aliphatic hydroxyl groups excluding tert-OH is 3. The fourth-order valence-corrected chi connectivity index (χ4v) is 7.30. The van der Waals surface area contributed by atoms with Crippen LogP contribution in [0.3, 0.4) is 0 Å². The van der Waals surface area contributed by atoms with Gasteiger partial charge in [-0.1, -0.05) is 159 Å². The molecular formula is C46H80O12S. The predicted octanol–water partition coefficient (Wildman–Crippen LogP) is 9.17. The summed E-state index contributed by atoms with van der Waals surface area (Å²) in [5.74, 6) is -2.06. The van der Waals surface area contributed by atoms with E-state index in [1.165, 1.54) is 89.9 Å². The molecule has 13 heteroatoms. The molecule has 0 spiro atoms. The van der Waals surface area contributed by atoms with Crippen LogP contribution in [-0.2, 0) is 38.7 Å². The Morgan fingerprint density at radius 2 is 1.03 bits per heavy atom. The van der Waals surface area contributed by atoms with Crippen molar-refractivity contribution < 1.29 is 56.8 Å². The maximum Gasteiger partial charge on any atom is 0.306 e. The van der Waals surface area contributed by atoms with Gasteiger partial charge in [0.05, 0.1) is 6.61 Å². The number of esters is 2. The number of carbonyl (C=O) groups excluding carboxylic acids is 2. The molecule has 0 aromatic heterocycles. The van der Waals surface area contributed by atoms with Crippen LogP contribution in [0.5, 0.6) is 0 Å². The molecule has 59 heavy (non-hydrogen) atoms. The van der Waals surface area contributed by atoms with Crippen molar-refractivity contribution in [3.63, 3.8) is 0 Å². The Hall–Kier alpha value is -2.39. The summed E-state index contributed by atoms with van der Waals surface area (Å²) in [6, 6.07) is 0. The van der Waals surface area contributed by atoms with Gasteiger partial charge in [-0.25, -0.2) is 0 Å². The van der Waals surface area contributed by atoms with E-state index in [9.17, 15) is 37.9 Å². The van der Waals surface area contributed by atoms with E-state index in [-0.39, 0.29) is 19.4 Å². The molecular weight excluding hydrogens is 777 g/mol. The molecule has 0 aliphatic carbocycles. The molecule has 0 bridgehead atoms. The number of rotatable bonds is 37. The van der Waals surface area contributed by atoms with E-state index in [2.05, 4.69) is 56.4 Å². The van der Waals surface area contributed by atoms with E-state index in [1.807, 2.05) is 6.08 Å². The van der Waals surface area contributed by atoms with E-state index in [0.717, 1.165) is 38.5 Å². The zero-order valence-electron chi connectivity index (χ0n) is 36.3. The Kier molecular flexibility index (Phi) is 33.6. The summed E-state index contributed by atoms with van der Waals surface area (Å²) in [4.78, 5) is 25.3. The molecule has 342 valence electrons. The summed E-state index contributed by atoms with van der Waals surface area (Å²) in [5, 5.41) is 30.8. The third-order valence-corrected chi connectivity index (χ3v) is 10.9. The van der Waals surface area contributed by atoms with Crippen LogP contribution in [0.15, 0.2) is 48.6 Å². The van der Waals surface area contributed by atoms with Crippen LogP contribution < -0.4 is 0 Å². The van der Waals surface area contributed by atoms with Gasteiger partial charge >= 0.3 is 11.9 Å². The standard InChI is InChI=1S/C46H80O12S/c1-3-5-7-9-11-13-15-16-17-18-19-20-21-22-23-24-25-27-28-30-32-34-41(47)55-36-39(57-42(48)35-33-31-29-26-14-12-10-8-6-4-2)37-56-46-45(51)44(50)43(49)40(58-46)38-59(52,53)54/h17-18,20-21,23-24,27-28,39-40,43-46,49-51H,3-16,19,22,25-26,29-38H2,1-2H3,(H,52,53,54)/b18-17+,21-20+,24-23+,28-27+/t39-,40-,43-,44?,45?,46+/m1/s1. The molecule has 1 heterocycles. The lowest BCUT2D eigenvalue weighted by Gasteiger charge is -2.40. The number of hydrogen-bond donors (Lipinski definition) is 4. The highest BCUT2D eigenvalue weighted by Gasteiger charge is 2.46. The third kappa shape index (κ3) is 31.2. The molecule has 1 aliphatic rings. The Labute approximate surface area is 356 Å². The first kappa shape index (κ1) is 54.6. The molecule has 0 aromatic rings. The first-order valence-electron chi connectivity index (χ1n) is 22.7. The number of carbonyl (C=O) groups is 2. The van der Waals surface area contributed by atoms with Crippen molar-refractivity contribution >= 4 is 22.1 Å². The van der Waals surface area contributed by atoms with Crippen LogP contribution in [-0.4, -0.2) is 96.0 Å². The van der Waals surface area contributed by atoms with E-state index in [0.29, 0.717) is 19.3 Å². The molecule has 2 unspecified atom stereocenters. The predicted molar refractivity (Wildman–Crippen MR) is 233 cm³/mol. The average Bonchev–Trinajstić information content (AvgIpc) is 3.20. The van der Waals surface area contributed by atoms with Crippen LogP contribution in [0.4, 0.5) is 0 Å². The number of allylic oxidation sites excluding steroid dienone is 8. The van der Waals surface area contributed by atoms with E-state index in [1.54, 1.807) is 0 Å². The van der Waals surface area contributed by atoms with Crippen molar-refractivity contribution in [3.8, 4) is 0 Å². The lowest BCUT2D eigenvalue weighted by atomic mass is 10.00. The number of unbranched alkanes of at least 4 members (excludes halogenated alkanes) is 17. The van der Waals surface area contributed by atoms with Gasteiger partial charge in [-0.2, -0.15) is 8.42 Å². The van der Waals surface area contributed by atoms with Gasteiger partial charge < -0.3 is 34.3 Å². The highest BCUT2D eigenvalue weighted by molar-refractivity contribution is 7.85. The first-order chi connectivity index (χ1) is 28.5. The van der Waals surface area contributed by atoms with Crippen molar-refractivity contribution in [2.24, 2.45) is 0 Å². The van der Waals surface area contributed by atoms with Gasteiger partial charge in [0.25, 0.3) is 10.1 Å². The zero-order chi connectivity index (χ0) is 43.4. The van der Waals surface area contributed by atoms with E-state index >= 15 is 0 Å². The van der Waals surface area contributed by atoms with Crippen LogP contribution in [0.2, 0.25) is 0 Å².